The van der Waals surface area contributed by atoms with Gasteiger partial charge in [-0.1, -0.05) is 11.3 Å². The van der Waals surface area contributed by atoms with E-state index in [0.717, 1.165) is 27.2 Å². The van der Waals surface area contributed by atoms with Crippen LogP contribution in [0.4, 0.5) is 5.69 Å². The van der Waals surface area contributed by atoms with Crippen molar-refractivity contribution in [3.05, 3.63) is 26.9 Å². The summed E-state index contributed by atoms with van der Waals surface area (Å²) in [5.41, 5.74) is 3.01. The zero-order chi connectivity index (χ0) is 13.3. The molecule has 7 heteroatoms. The van der Waals surface area contributed by atoms with Crippen molar-refractivity contribution in [1.82, 2.24) is 4.98 Å². The number of aryl methyl sites for hydroxylation is 1. The van der Waals surface area contributed by atoms with Crippen LogP contribution in [-0.2, 0) is 4.79 Å². The van der Waals surface area contributed by atoms with E-state index in [2.05, 4.69) is 15.2 Å². The van der Waals surface area contributed by atoms with Gasteiger partial charge in [-0.3, -0.25) is 9.59 Å². The van der Waals surface area contributed by atoms with Gasteiger partial charge in [0.1, 0.15) is 5.69 Å². The molecule has 1 heterocycles. The van der Waals surface area contributed by atoms with Crippen LogP contribution in [0.5, 0.6) is 0 Å². The summed E-state index contributed by atoms with van der Waals surface area (Å²) in [5, 5.41) is 16.1. The minimum atomic E-state index is -1.04. The summed E-state index contributed by atoms with van der Waals surface area (Å²) in [7, 11) is 0. The minimum absolute atomic E-state index is 0.162. The first-order valence-electron chi connectivity index (χ1n) is 5.21. The number of carbonyl (C=O) groups is 1. The summed E-state index contributed by atoms with van der Waals surface area (Å²) in [6.07, 6.45) is 0. The van der Waals surface area contributed by atoms with Crippen LogP contribution in [0.3, 0.4) is 0 Å². The lowest BCUT2D eigenvalue weighted by atomic mass is 10.1. The first-order valence-corrected chi connectivity index (χ1v) is 6.03. The fourth-order valence-corrected chi connectivity index (χ4v) is 2.43. The number of nitrogens with one attached hydrogen (secondary N) is 1. The Morgan fingerprint density at radius 1 is 1.50 bits per heavy atom. The number of fused-ring (bicyclic) bond motifs is 1. The smallest absolute Gasteiger partial charge is 0.327 e. The number of aromatic amines is 1. The summed E-state index contributed by atoms with van der Waals surface area (Å²) in [6.45, 7) is 3.39. The average Bonchev–Trinajstić information content (AvgIpc) is 2.63. The Morgan fingerprint density at radius 3 is 2.89 bits per heavy atom. The Bertz CT molecular complexity index is 699. The molecular formula is C11H11N3O3S. The number of carboxylic acid groups (broad SMARTS) is 1. The monoisotopic (exact) mass is 265 g/mol. The van der Waals surface area contributed by atoms with Crippen LogP contribution >= 0.6 is 11.3 Å². The number of hydrogen-bond donors (Lipinski definition) is 2. The van der Waals surface area contributed by atoms with E-state index in [-0.39, 0.29) is 11.4 Å². The molecule has 0 spiro atoms. The van der Waals surface area contributed by atoms with E-state index in [0.29, 0.717) is 11.2 Å². The Balaban J connectivity index is 2.59. The molecule has 2 rings (SSSR count). The molecule has 0 fully saturated rings. The number of aliphatic carboxylic acids is 1. The maximum Gasteiger partial charge on any atom is 0.327 e. The van der Waals surface area contributed by atoms with Crippen molar-refractivity contribution in [3.63, 3.8) is 0 Å². The lowest BCUT2D eigenvalue weighted by Crippen LogP contribution is -1.97. The van der Waals surface area contributed by atoms with Gasteiger partial charge < -0.3 is 10.1 Å². The van der Waals surface area contributed by atoms with Crippen molar-refractivity contribution in [2.75, 3.05) is 6.54 Å². The highest BCUT2D eigenvalue weighted by atomic mass is 32.1. The van der Waals surface area contributed by atoms with E-state index in [1.807, 2.05) is 19.9 Å². The molecule has 0 bridgehead atoms. The first-order chi connectivity index (χ1) is 8.49. The van der Waals surface area contributed by atoms with Gasteiger partial charge in [0.2, 0.25) is 0 Å². The molecule has 0 saturated heterocycles. The molecule has 0 amide bonds. The fourth-order valence-electron chi connectivity index (χ4n) is 1.59. The van der Waals surface area contributed by atoms with Gasteiger partial charge in [0.25, 0.3) is 0 Å². The number of azo groups is 1. The fraction of sp³-hybridized carbons (Fsp3) is 0.273. The van der Waals surface area contributed by atoms with E-state index in [9.17, 15) is 9.59 Å². The van der Waals surface area contributed by atoms with Crippen molar-refractivity contribution in [1.29, 1.82) is 0 Å². The van der Waals surface area contributed by atoms with Gasteiger partial charge in [0, 0.05) is 0 Å². The summed E-state index contributed by atoms with van der Waals surface area (Å²) in [6, 6.07) is 1.91. The molecule has 0 atom stereocenters. The van der Waals surface area contributed by atoms with Gasteiger partial charge in [0.15, 0.2) is 6.54 Å². The summed E-state index contributed by atoms with van der Waals surface area (Å²) in [4.78, 5) is 24.3. The summed E-state index contributed by atoms with van der Waals surface area (Å²) >= 11 is 1.10. The van der Waals surface area contributed by atoms with E-state index in [1.165, 1.54) is 0 Å². The quantitative estimate of drug-likeness (QED) is 0.834. The largest absolute Gasteiger partial charge is 0.480 e. The number of benzene rings is 1. The molecule has 6 nitrogen and oxygen atoms in total. The van der Waals surface area contributed by atoms with E-state index >= 15 is 0 Å². The standard InChI is InChI=1S/C11H11N3O3S/c1-5-3-7-10(13-11(17)18-7)9(6(5)2)14-12-4-8(15)16/h3H,4H2,1-2H3,(H,13,17)(H,15,16). The number of thiazole rings is 1. The zero-order valence-corrected chi connectivity index (χ0v) is 10.7. The average molecular weight is 265 g/mol. The Hall–Kier alpha value is -2.02. The number of hydrogen-bond acceptors (Lipinski definition) is 5. The lowest BCUT2D eigenvalue weighted by molar-refractivity contribution is -0.135. The first kappa shape index (κ1) is 12.4. The second-order valence-electron chi connectivity index (χ2n) is 3.85. The Morgan fingerprint density at radius 2 is 2.22 bits per heavy atom. The molecular weight excluding hydrogens is 254 g/mol. The van der Waals surface area contributed by atoms with Crippen molar-refractivity contribution < 1.29 is 9.90 Å². The molecule has 0 radical (unpaired) electrons. The number of H-pyrrole nitrogens is 1. The highest BCUT2D eigenvalue weighted by Crippen LogP contribution is 2.32. The maximum atomic E-state index is 11.3. The highest BCUT2D eigenvalue weighted by molar-refractivity contribution is 7.16. The van der Waals surface area contributed by atoms with Crippen LogP contribution in [-0.4, -0.2) is 22.6 Å². The number of nitrogens with zero attached hydrogens (tertiary/aromatic N) is 2. The summed E-state index contributed by atoms with van der Waals surface area (Å²) < 4.78 is 0.798. The molecule has 0 unspecified atom stereocenters. The molecule has 0 saturated carbocycles. The highest BCUT2D eigenvalue weighted by Gasteiger charge is 2.10. The van der Waals surface area contributed by atoms with Crippen molar-refractivity contribution in [2.45, 2.75) is 13.8 Å². The number of rotatable bonds is 3. The van der Waals surface area contributed by atoms with Crippen LogP contribution in [0.1, 0.15) is 11.1 Å². The third kappa shape index (κ3) is 2.30. The Labute approximate surface area is 106 Å². The van der Waals surface area contributed by atoms with Gasteiger partial charge >= 0.3 is 10.8 Å². The van der Waals surface area contributed by atoms with Crippen LogP contribution in [0, 0.1) is 13.8 Å². The van der Waals surface area contributed by atoms with Gasteiger partial charge in [-0.25, -0.2) is 0 Å². The summed E-state index contributed by atoms with van der Waals surface area (Å²) in [5.74, 6) is -1.04. The lowest BCUT2D eigenvalue weighted by Gasteiger charge is -2.04. The molecule has 1 aromatic heterocycles. The predicted octanol–water partition coefficient (Wildman–Crippen LogP) is 2.37. The molecule has 94 valence electrons. The van der Waals surface area contributed by atoms with E-state index in [1.54, 1.807) is 0 Å². The predicted molar refractivity (Wildman–Crippen MR) is 68.9 cm³/mol. The third-order valence-corrected chi connectivity index (χ3v) is 3.41. The van der Waals surface area contributed by atoms with Crippen LogP contribution < -0.4 is 4.87 Å². The maximum absolute atomic E-state index is 11.3. The van der Waals surface area contributed by atoms with Crippen LogP contribution in [0.25, 0.3) is 10.2 Å². The van der Waals surface area contributed by atoms with Gasteiger partial charge in [0.05, 0.1) is 10.2 Å². The molecule has 2 N–H and O–H groups in total. The second-order valence-corrected chi connectivity index (χ2v) is 4.86. The van der Waals surface area contributed by atoms with E-state index in [4.69, 9.17) is 5.11 Å². The van der Waals surface area contributed by atoms with Crippen molar-refractivity contribution >= 4 is 33.2 Å². The molecule has 1 aromatic carbocycles. The van der Waals surface area contributed by atoms with Crippen LogP contribution in [0.2, 0.25) is 0 Å². The molecule has 0 aliphatic rings. The molecule has 18 heavy (non-hydrogen) atoms. The topological polar surface area (TPSA) is 94.9 Å². The second kappa shape index (κ2) is 4.69. The SMILES string of the molecule is Cc1cc2sc(=O)[nH]c2c(N=NCC(=O)O)c1C. The molecule has 2 aromatic rings. The van der Waals surface area contributed by atoms with Crippen molar-refractivity contribution in [2.24, 2.45) is 10.2 Å². The zero-order valence-electron chi connectivity index (χ0n) is 9.85. The van der Waals surface area contributed by atoms with Gasteiger partial charge in [-0.15, -0.1) is 0 Å². The van der Waals surface area contributed by atoms with Crippen molar-refractivity contribution in [3.8, 4) is 0 Å². The Kier molecular flexibility index (Phi) is 3.24. The minimum Gasteiger partial charge on any atom is -0.480 e. The number of aromatic nitrogens is 1. The van der Waals surface area contributed by atoms with Gasteiger partial charge in [-0.05, 0) is 31.0 Å². The number of carboxylic acids is 1. The normalized spacial score (nSPS) is 11.4. The van der Waals surface area contributed by atoms with Gasteiger partial charge in [-0.2, -0.15) is 10.2 Å². The van der Waals surface area contributed by atoms with Crippen LogP contribution in [0.15, 0.2) is 21.1 Å². The van der Waals surface area contributed by atoms with E-state index < -0.39 is 5.97 Å². The third-order valence-electron chi connectivity index (χ3n) is 2.58. The molecule has 0 aliphatic carbocycles. The molecule has 0 aliphatic heterocycles.